The summed E-state index contributed by atoms with van der Waals surface area (Å²) in [5.41, 5.74) is 2.41. The predicted octanol–water partition coefficient (Wildman–Crippen LogP) is 5.02. The Bertz CT molecular complexity index is 1030. The van der Waals surface area contributed by atoms with Gasteiger partial charge in [0.05, 0.1) is 5.69 Å². The zero-order chi connectivity index (χ0) is 22.9. The molecule has 1 aliphatic heterocycles. The van der Waals surface area contributed by atoms with E-state index in [9.17, 15) is 13.6 Å². The van der Waals surface area contributed by atoms with Crippen molar-refractivity contribution in [3.05, 3.63) is 59.7 Å². The van der Waals surface area contributed by atoms with Crippen LogP contribution in [0.4, 0.5) is 5.69 Å². The molecule has 1 unspecified atom stereocenters. The second kappa shape index (κ2) is 11.3. The molecule has 1 aliphatic rings. The highest BCUT2D eigenvalue weighted by Crippen LogP contribution is 2.33. The molecule has 0 aliphatic carbocycles. The van der Waals surface area contributed by atoms with E-state index in [-0.39, 0.29) is 13.0 Å². The van der Waals surface area contributed by atoms with Gasteiger partial charge in [-0.15, -0.1) is 10.2 Å². The maximum absolute atomic E-state index is 12.2. The van der Waals surface area contributed by atoms with Gasteiger partial charge in [-0.25, -0.2) is 4.21 Å². The number of anilines is 1. The Balaban J connectivity index is 1.57. The molecule has 2 aromatic rings. The standard InChI is InChI=1S/C21H24N6O4S/c1-2-6-18(22)15-10-12-16(13-11-15)31-20(28)9-5-14-27(32(29)30)19-8-4-3-7-17(19)21-23-25-26-24-21/h3-4,7-8,10-13,21-22H,2,5-6,9,14H2,1H3,(H,29,30). The molecule has 168 valence electrons. The van der Waals surface area contributed by atoms with Gasteiger partial charge in [-0.05, 0) is 59.2 Å². The Kier molecular flexibility index (Phi) is 8.28. The molecule has 0 fully saturated rings. The fraction of sp³-hybridized carbons (Fsp3) is 0.333. The van der Waals surface area contributed by atoms with Crippen LogP contribution in [0.25, 0.3) is 0 Å². The molecule has 1 atom stereocenters. The summed E-state index contributed by atoms with van der Waals surface area (Å²) in [6.45, 7) is 2.16. The predicted molar refractivity (Wildman–Crippen MR) is 120 cm³/mol. The molecule has 0 bridgehead atoms. The molecule has 2 aromatic carbocycles. The van der Waals surface area contributed by atoms with Crippen LogP contribution in [0.5, 0.6) is 5.75 Å². The van der Waals surface area contributed by atoms with Gasteiger partial charge in [0, 0.05) is 24.2 Å². The van der Waals surface area contributed by atoms with Gasteiger partial charge in [0.1, 0.15) is 5.75 Å². The first-order valence-corrected chi connectivity index (χ1v) is 11.2. The van der Waals surface area contributed by atoms with E-state index in [1.165, 1.54) is 4.31 Å². The molecule has 1 heterocycles. The van der Waals surface area contributed by atoms with Gasteiger partial charge in [-0.2, -0.15) is 0 Å². The minimum absolute atomic E-state index is 0.0616. The van der Waals surface area contributed by atoms with Gasteiger partial charge >= 0.3 is 5.97 Å². The topological polar surface area (TPSA) is 140 Å². The summed E-state index contributed by atoms with van der Waals surface area (Å²) >= 11 is -2.31. The Morgan fingerprint density at radius 2 is 1.81 bits per heavy atom. The van der Waals surface area contributed by atoms with Crippen LogP contribution in [-0.2, 0) is 16.1 Å². The Morgan fingerprint density at radius 1 is 1.12 bits per heavy atom. The van der Waals surface area contributed by atoms with Gasteiger partial charge in [0.15, 0.2) is 0 Å². The quantitative estimate of drug-likeness (QED) is 0.212. The van der Waals surface area contributed by atoms with Gasteiger partial charge in [0.25, 0.3) is 11.3 Å². The van der Waals surface area contributed by atoms with E-state index in [0.717, 1.165) is 12.0 Å². The zero-order valence-electron chi connectivity index (χ0n) is 17.5. The van der Waals surface area contributed by atoms with Crippen molar-refractivity contribution in [1.29, 1.82) is 5.41 Å². The summed E-state index contributed by atoms with van der Waals surface area (Å²) in [7, 11) is 0. The minimum atomic E-state index is -2.31. The highest BCUT2D eigenvalue weighted by molar-refractivity contribution is 7.80. The van der Waals surface area contributed by atoms with E-state index < -0.39 is 23.4 Å². The van der Waals surface area contributed by atoms with Crippen LogP contribution in [0.1, 0.15) is 49.9 Å². The van der Waals surface area contributed by atoms with Crippen molar-refractivity contribution in [3.63, 3.8) is 0 Å². The third kappa shape index (κ3) is 6.11. The van der Waals surface area contributed by atoms with Crippen molar-refractivity contribution < 1.29 is 18.3 Å². The summed E-state index contributed by atoms with van der Waals surface area (Å²) in [6.07, 6.45) is 1.28. The SMILES string of the molecule is CCCC(=N)c1ccc(OC(=O)CCCN(c2ccccc2C2N=NN=N2)S(=O)O)cc1. The van der Waals surface area contributed by atoms with Crippen molar-refractivity contribution in [3.8, 4) is 5.75 Å². The second-order valence-electron chi connectivity index (χ2n) is 7.01. The number of ether oxygens (including phenoxy) is 1. The largest absolute Gasteiger partial charge is 0.427 e. The summed E-state index contributed by atoms with van der Waals surface area (Å²) in [5, 5.41) is 22.7. The van der Waals surface area contributed by atoms with Gasteiger partial charge < -0.3 is 10.1 Å². The van der Waals surface area contributed by atoms with Crippen LogP contribution >= 0.6 is 0 Å². The van der Waals surface area contributed by atoms with Crippen LogP contribution in [-0.4, -0.2) is 27.0 Å². The first-order valence-electron chi connectivity index (χ1n) is 10.2. The summed E-state index contributed by atoms with van der Waals surface area (Å²) in [5.74, 6) is -0.0512. The van der Waals surface area contributed by atoms with E-state index in [1.807, 2.05) is 6.92 Å². The van der Waals surface area contributed by atoms with Crippen LogP contribution in [0.2, 0.25) is 0 Å². The number of hydrogen-bond acceptors (Lipinski definition) is 8. The molecule has 32 heavy (non-hydrogen) atoms. The van der Waals surface area contributed by atoms with E-state index >= 15 is 0 Å². The number of rotatable bonds is 11. The zero-order valence-corrected chi connectivity index (χ0v) is 18.4. The monoisotopic (exact) mass is 456 g/mol. The first kappa shape index (κ1) is 23.4. The van der Waals surface area contributed by atoms with Gasteiger partial charge in [-0.3, -0.25) is 13.7 Å². The van der Waals surface area contributed by atoms with E-state index in [2.05, 4.69) is 20.7 Å². The average Bonchev–Trinajstić information content (AvgIpc) is 3.32. The lowest BCUT2D eigenvalue weighted by Crippen LogP contribution is -2.28. The fourth-order valence-corrected chi connectivity index (χ4v) is 3.79. The normalized spacial score (nSPS) is 13.8. The lowest BCUT2D eigenvalue weighted by molar-refractivity contribution is -0.134. The number of para-hydroxylation sites is 1. The van der Waals surface area contributed by atoms with Gasteiger partial charge in [-0.1, -0.05) is 31.5 Å². The van der Waals surface area contributed by atoms with E-state index in [4.69, 9.17) is 10.1 Å². The highest BCUT2D eigenvalue weighted by atomic mass is 32.2. The molecule has 0 saturated carbocycles. The van der Waals surface area contributed by atoms with Crippen molar-refractivity contribution >= 4 is 28.6 Å². The van der Waals surface area contributed by atoms with Crippen molar-refractivity contribution in [1.82, 2.24) is 0 Å². The van der Waals surface area contributed by atoms with Crippen LogP contribution in [0.3, 0.4) is 0 Å². The minimum Gasteiger partial charge on any atom is -0.427 e. The summed E-state index contributed by atoms with van der Waals surface area (Å²) in [4.78, 5) is 12.2. The lowest BCUT2D eigenvalue weighted by Gasteiger charge is -2.23. The number of carbonyl (C=O) groups is 1. The van der Waals surface area contributed by atoms with Crippen LogP contribution in [0, 0.1) is 5.41 Å². The number of benzene rings is 2. The van der Waals surface area contributed by atoms with Crippen LogP contribution < -0.4 is 9.04 Å². The second-order valence-corrected chi connectivity index (χ2v) is 7.91. The Hall–Kier alpha value is -3.31. The Labute approximate surface area is 188 Å². The maximum atomic E-state index is 12.2. The lowest BCUT2D eigenvalue weighted by atomic mass is 10.1. The smallest absolute Gasteiger partial charge is 0.311 e. The highest BCUT2D eigenvalue weighted by Gasteiger charge is 2.23. The van der Waals surface area contributed by atoms with Crippen molar-refractivity contribution in [2.45, 2.75) is 38.8 Å². The van der Waals surface area contributed by atoms with E-state index in [0.29, 0.717) is 35.6 Å². The Morgan fingerprint density at radius 3 is 2.47 bits per heavy atom. The van der Waals surface area contributed by atoms with Gasteiger partial charge in [0.2, 0.25) is 6.17 Å². The number of nitrogens with one attached hydrogen (secondary N) is 1. The third-order valence-corrected chi connectivity index (χ3v) is 5.47. The maximum Gasteiger partial charge on any atom is 0.311 e. The van der Waals surface area contributed by atoms with Crippen molar-refractivity contribution in [2.75, 3.05) is 10.8 Å². The molecule has 11 heteroatoms. The fourth-order valence-electron chi connectivity index (χ4n) is 3.18. The average molecular weight is 457 g/mol. The van der Waals surface area contributed by atoms with E-state index in [1.54, 1.807) is 48.5 Å². The molecule has 0 aromatic heterocycles. The third-order valence-electron chi connectivity index (χ3n) is 4.71. The summed E-state index contributed by atoms with van der Waals surface area (Å²) in [6, 6.07) is 13.8. The number of carbonyl (C=O) groups excluding carboxylic acids is 1. The molecule has 0 radical (unpaired) electrons. The molecule has 3 rings (SSSR count). The van der Waals surface area contributed by atoms with Crippen LogP contribution in [0.15, 0.2) is 69.2 Å². The number of hydrogen-bond donors (Lipinski definition) is 2. The molecular weight excluding hydrogens is 432 g/mol. The first-order chi connectivity index (χ1) is 15.5. The number of nitrogens with zero attached hydrogens (tertiary/aromatic N) is 5. The summed E-state index contributed by atoms with van der Waals surface area (Å²) < 4.78 is 28.4. The molecule has 0 spiro atoms. The molecule has 0 saturated heterocycles. The molecule has 10 nitrogen and oxygen atoms in total. The molecule has 2 N–H and O–H groups in total. The molecular formula is C21H24N6O4S. The molecule has 0 amide bonds. The number of esters is 1. The van der Waals surface area contributed by atoms with Crippen molar-refractivity contribution in [2.24, 2.45) is 20.7 Å².